The summed E-state index contributed by atoms with van der Waals surface area (Å²) in [6.45, 7) is 2.14. The summed E-state index contributed by atoms with van der Waals surface area (Å²) < 4.78 is 0. The van der Waals surface area contributed by atoms with Gasteiger partial charge < -0.3 is 5.73 Å². The number of hydrogen-bond acceptors (Lipinski definition) is 1. The van der Waals surface area contributed by atoms with Gasteiger partial charge >= 0.3 is 0 Å². The van der Waals surface area contributed by atoms with Crippen LogP contribution >= 0.6 is 11.6 Å². The molecule has 0 aromatic heterocycles. The lowest BCUT2D eigenvalue weighted by molar-refractivity contribution is 0.253. The molecule has 1 aromatic rings. The number of fused-ring (bicyclic) bond motifs is 2. The summed E-state index contributed by atoms with van der Waals surface area (Å²) in [6, 6.07) is 8.03. The van der Waals surface area contributed by atoms with Gasteiger partial charge in [-0.3, -0.25) is 0 Å². The Morgan fingerprint density at radius 3 is 2.67 bits per heavy atom. The molecule has 1 aromatic carbocycles. The van der Waals surface area contributed by atoms with E-state index >= 15 is 0 Å². The van der Waals surface area contributed by atoms with Crippen molar-refractivity contribution in [3.8, 4) is 0 Å². The van der Waals surface area contributed by atoms with Gasteiger partial charge in [0.25, 0.3) is 0 Å². The topological polar surface area (TPSA) is 26.0 Å². The van der Waals surface area contributed by atoms with E-state index in [0.29, 0.717) is 0 Å². The molecule has 0 spiro atoms. The minimum atomic E-state index is -0.284. The van der Waals surface area contributed by atoms with E-state index in [2.05, 4.69) is 13.0 Å². The van der Waals surface area contributed by atoms with Crippen LogP contribution in [0.3, 0.4) is 0 Å². The largest absolute Gasteiger partial charge is 0.322 e. The molecule has 0 saturated heterocycles. The quantitative estimate of drug-likeness (QED) is 0.863. The lowest BCUT2D eigenvalue weighted by Gasteiger charge is -2.33. The fraction of sp³-hybridized carbons (Fsp3) is 0.625. The minimum Gasteiger partial charge on any atom is -0.322 e. The third-order valence-corrected chi connectivity index (χ3v) is 5.39. The zero-order valence-corrected chi connectivity index (χ0v) is 11.8. The molecule has 0 aliphatic heterocycles. The van der Waals surface area contributed by atoms with Gasteiger partial charge in [-0.05, 0) is 62.0 Å². The third-order valence-electron chi connectivity index (χ3n) is 5.06. The molecule has 2 aliphatic carbocycles. The highest BCUT2D eigenvalue weighted by atomic mass is 35.5. The molecule has 98 valence electrons. The van der Waals surface area contributed by atoms with Crippen LogP contribution in [0.25, 0.3) is 0 Å². The second-order valence-corrected chi connectivity index (χ2v) is 6.94. The van der Waals surface area contributed by atoms with Gasteiger partial charge in [-0.1, -0.05) is 36.2 Å². The first-order valence-electron chi connectivity index (χ1n) is 7.10. The van der Waals surface area contributed by atoms with Crippen molar-refractivity contribution < 1.29 is 0 Å². The number of nitrogens with two attached hydrogens (primary N) is 1. The standard InChI is InChI=1S/C16H22ClN/c1-16(18,14-4-2-3-5-15(14)17)10-13-9-11-6-7-12(13)8-11/h2-5,11-13H,6-10,18H2,1H3. The first-order chi connectivity index (χ1) is 8.56. The predicted molar refractivity (Wildman–Crippen MR) is 76.5 cm³/mol. The first kappa shape index (κ1) is 12.5. The fourth-order valence-corrected chi connectivity index (χ4v) is 4.56. The molecule has 18 heavy (non-hydrogen) atoms. The summed E-state index contributed by atoms with van der Waals surface area (Å²) >= 11 is 6.29. The van der Waals surface area contributed by atoms with Crippen LogP contribution in [0.15, 0.2) is 24.3 Å². The lowest BCUT2D eigenvalue weighted by atomic mass is 9.77. The van der Waals surface area contributed by atoms with E-state index in [0.717, 1.165) is 34.8 Å². The molecule has 2 saturated carbocycles. The van der Waals surface area contributed by atoms with E-state index in [1.54, 1.807) is 0 Å². The highest BCUT2D eigenvalue weighted by Crippen LogP contribution is 2.51. The highest BCUT2D eigenvalue weighted by Gasteiger charge is 2.42. The van der Waals surface area contributed by atoms with E-state index in [-0.39, 0.29) is 5.54 Å². The van der Waals surface area contributed by atoms with Gasteiger partial charge in [0, 0.05) is 10.6 Å². The molecule has 0 amide bonds. The Bertz CT molecular complexity index is 440. The van der Waals surface area contributed by atoms with Crippen LogP contribution in [0.2, 0.25) is 5.02 Å². The Hall–Kier alpha value is -0.530. The summed E-state index contributed by atoms with van der Waals surface area (Å²) in [5, 5.41) is 0.811. The fourth-order valence-electron chi connectivity index (χ4n) is 4.21. The maximum Gasteiger partial charge on any atom is 0.0456 e. The first-order valence-corrected chi connectivity index (χ1v) is 7.48. The average molecular weight is 264 g/mol. The minimum absolute atomic E-state index is 0.284. The van der Waals surface area contributed by atoms with E-state index in [9.17, 15) is 0 Å². The molecule has 4 atom stereocenters. The molecular formula is C16H22ClN. The summed E-state index contributed by atoms with van der Waals surface area (Å²) in [7, 11) is 0. The Morgan fingerprint density at radius 2 is 2.06 bits per heavy atom. The Kier molecular flexibility index (Phi) is 3.15. The predicted octanol–water partition coefficient (Wildman–Crippen LogP) is 4.34. The smallest absolute Gasteiger partial charge is 0.0456 e. The molecule has 1 nitrogen and oxygen atoms in total. The van der Waals surface area contributed by atoms with Crippen LogP contribution in [0.1, 0.15) is 44.6 Å². The number of benzene rings is 1. The molecular weight excluding hydrogens is 242 g/mol. The Labute approximate surface area is 115 Å². The molecule has 2 fully saturated rings. The molecule has 2 N–H and O–H groups in total. The summed E-state index contributed by atoms with van der Waals surface area (Å²) in [6.07, 6.45) is 6.80. The molecule has 3 rings (SSSR count). The van der Waals surface area contributed by atoms with Crippen molar-refractivity contribution in [2.45, 2.75) is 44.6 Å². The van der Waals surface area contributed by atoms with Crippen LogP contribution in [-0.4, -0.2) is 0 Å². The van der Waals surface area contributed by atoms with Crippen molar-refractivity contribution in [2.24, 2.45) is 23.5 Å². The van der Waals surface area contributed by atoms with Gasteiger partial charge in [0.05, 0.1) is 0 Å². The molecule has 0 heterocycles. The maximum absolute atomic E-state index is 6.57. The zero-order valence-electron chi connectivity index (χ0n) is 11.0. The van der Waals surface area contributed by atoms with Crippen molar-refractivity contribution >= 4 is 11.6 Å². The Balaban J connectivity index is 1.77. The normalized spacial score (nSPS) is 33.6. The average Bonchev–Trinajstić information content (AvgIpc) is 2.90. The third kappa shape index (κ3) is 2.19. The Morgan fingerprint density at radius 1 is 1.28 bits per heavy atom. The van der Waals surface area contributed by atoms with Crippen molar-refractivity contribution in [3.63, 3.8) is 0 Å². The number of hydrogen-bond donors (Lipinski definition) is 1. The highest BCUT2D eigenvalue weighted by molar-refractivity contribution is 6.31. The van der Waals surface area contributed by atoms with Crippen molar-refractivity contribution in [3.05, 3.63) is 34.9 Å². The van der Waals surface area contributed by atoms with Crippen LogP contribution in [-0.2, 0) is 5.54 Å². The van der Waals surface area contributed by atoms with Crippen molar-refractivity contribution in [1.82, 2.24) is 0 Å². The second-order valence-electron chi connectivity index (χ2n) is 6.54. The van der Waals surface area contributed by atoms with Crippen LogP contribution in [0.4, 0.5) is 0 Å². The van der Waals surface area contributed by atoms with Crippen LogP contribution in [0, 0.1) is 17.8 Å². The summed E-state index contributed by atoms with van der Waals surface area (Å²) in [5.41, 5.74) is 7.39. The van der Waals surface area contributed by atoms with Gasteiger partial charge in [0.2, 0.25) is 0 Å². The molecule has 2 bridgehead atoms. The van der Waals surface area contributed by atoms with Gasteiger partial charge in [-0.25, -0.2) is 0 Å². The second kappa shape index (κ2) is 4.54. The van der Waals surface area contributed by atoms with E-state index < -0.39 is 0 Å². The maximum atomic E-state index is 6.57. The van der Waals surface area contributed by atoms with Gasteiger partial charge in [0.15, 0.2) is 0 Å². The molecule has 2 aliphatic rings. The lowest BCUT2D eigenvalue weighted by Crippen LogP contribution is -2.36. The summed E-state index contributed by atoms with van der Waals surface area (Å²) in [5.74, 6) is 2.73. The molecule has 4 unspecified atom stereocenters. The van der Waals surface area contributed by atoms with E-state index in [1.807, 2.05) is 18.2 Å². The van der Waals surface area contributed by atoms with Gasteiger partial charge in [-0.15, -0.1) is 0 Å². The SMILES string of the molecule is CC(N)(CC1CC2CCC1C2)c1ccccc1Cl. The van der Waals surface area contributed by atoms with Crippen LogP contribution < -0.4 is 5.73 Å². The zero-order chi connectivity index (χ0) is 12.8. The van der Waals surface area contributed by atoms with Gasteiger partial charge in [0.1, 0.15) is 0 Å². The van der Waals surface area contributed by atoms with E-state index in [4.69, 9.17) is 17.3 Å². The van der Waals surface area contributed by atoms with E-state index in [1.165, 1.54) is 25.7 Å². The van der Waals surface area contributed by atoms with Crippen LogP contribution in [0.5, 0.6) is 0 Å². The molecule has 2 heteroatoms. The monoisotopic (exact) mass is 263 g/mol. The number of rotatable bonds is 3. The van der Waals surface area contributed by atoms with Crippen molar-refractivity contribution in [1.29, 1.82) is 0 Å². The van der Waals surface area contributed by atoms with Gasteiger partial charge in [-0.2, -0.15) is 0 Å². The molecule has 0 radical (unpaired) electrons. The number of halogens is 1. The van der Waals surface area contributed by atoms with Crippen molar-refractivity contribution in [2.75, 3.05) is 0 Å². The summed E-state index contributed by atoms with van der Waals surface area (Å²) in [4.78, 5) is 0.